The number of anilines is 1. The van der Waals surface area contributed by atoms with E-state index >= 15 is 0 Å². The van der Waals surface area contributed by atoms with Crippen LogP contribution in [0.15, 0.2) is 29.2 Å². The van der Waals surface area contributed by atoms with Gasteiger partial charge in [-0.15, -0.1) is 0 Å². The summed E-state index contributed by atoms with van der Waals surface area (Å²) in [5.41, 5.74) is 0.903. The number of alkyl halides is 3. The van der Waals surface area contributed by atoms with Crippen LogP contribution in [0.3, 0.4) is 0 Å². The van der Waals surface area contributed by atoms with Crippen LogP contribution in [0.4, 0.5) is 18.9 Å². The maximum atomic E-state index is 12.3. The molecule has 0 bridgehead atoms. The highest BCUT2D eigenvalue weighted by Gasteiger charge is 2.46. The maximum absolute atomic E-state index is 12.3. The number of nitrogens with two attached hydrogens (primary N) is 1. The second-order valence-electron chi connectivity index (χ2n) is 4.02. The molecule has 0 radical (unpaired) electrons. The van der Waals surface area contributed by atoms with Crippen LogP contribution in [-0.2, 0) is 9.84 Å². The Kier molecular flexibility index (Phi) is 4.81. The topological polar surface area (TPSA) is 72.2 Å². The molecule has 1 atom stereocenters. The van der Waals surface area contributed by atoms with Crippen molar-refractivity contribution in [3.63, 3.8) is 0 Å². The van der Waals surface area contributed by atoms with Crippen LogP contribution in [0.25, 0.3) is 0 Å². The fourth-order valence-corrected chi connectivity index (χ4v) is 2.04. The molecular weight excluding hydrogens is 281 g/mol. The molecule has 8 heteroatoms. The largest absolute Gasteiger partial charge is 0.501 e. The first kappa shape index (κ1) is 15.8. The summed E-state index contributed by atoms with van der Waals surface area (Å²) in [4.78, 5) is -0.773. The third kappa shape index (κ3) is 3.84. The van der Waals surface area contributed by atoms with Crippen LogP contribution in [0.2, 0.25) is 0 Å². The van der Waals surface area contributed by atoms with Crippen molar-refractivity contribution in [2.24, 2.45) is 5.73 Å². The lowest BCUT2D eigenvalue weighted by Gasteiger charge is -2.12. The number of benzene rings is 1. The fourth-order valence-electron chi connectivity index (χ4n) is 1.28. The fraction of sp³-hybridized carbons (Fsp3) is 0.455. The predicted octanol–water partition coefficient (Wildman–Crippen LogP) is 2.13. The molecule has 0 amide bonds. The number of hydrogen-bond donors (Lipinski definition) is 2. The average Bonchev–Trinajstić information content (AvgIpc) is 2.35. The van der Waals surface area contributed by atoms with Crippen molar-refractivity contribution in [1.29, 1.82) is 0 Å². The molecule has 0 aliphatic carbocycles. The molecule has 4 nitrogen and oxygen atoms in total. The van der Waals surface area contributed by atoms with E-state index in [9.17, 15) is 21.6 Å². The van der Waals surface area contributed by atoms with Gasteiger partial charge in [0.1, 0.15) is 0 Å². The first-order chi connectivity index (χ1) is 8.68. The van der Waals surface area contributed by atoms with Crippen LogP contribution >= 0.6 is 0 Å². The van der Waals surface area contributed by atoms with Crippen molar-refractivity contribution < 1.29 is 21.6 Å². The highest BCUT2D eigenvalue weighted by Crippen LogP contribution is 2.30. The molecule has 1 unspecified atom stereocenters. The van der Waals surface area contributed by atoms with E-state index in [1.165, 1.54) is 12.1 Å². The first-order valence-electron chi connectivity index (χ1n) is 5.59. The summed E-state index contributed by atoms with van der Waals surface area (Å²) in [7, 11) is -5.28. The Morgan fingerprint density at radius 1 is 1.26 bits per heavy atom. The van der Waals surface area contributed by atoms with Gasteiger partial charge in [-0.1, -0.05) is 6.92 Å². The Morgan fingerprint density at radius 3 is 2.21 bits per heavy atom. The Bertz CT molecular complexity index is 512. The van der Waals surface area contributed by atoms with Crippen molar-refractivity contribution >= 4 is 15.5 Å². The van der Waals surface area contributed by atoms with E-state index in [1.54, 1.807) is 0 Å². The van der Waals surface area contributed by atoms with Gasteiger partial charge in [0.15, 0.2) is 0 Å². The van der Waals surface area contributed by atoms with Crippen molar-refractivity contribution in [3.8, 4) is 0 Å². The highest BCUT2D eigenvalue weighted by atomic mass is 32.2. The molecule has 0 aromatic heterocycles. The van der Waals surface area contributed by atoms with E-state index in [2.05, 4.69) is 5.32 Å². The first-order valence-corrected chi connectivity index (χ1v) is 7.07. The monoisotopic (exact) mass is 296 g/mol. The Balaban J connectivity index is 2.83. The quantitative estimate of drug-likeness (QED) is 0.873. The lowest BCUT2D eigenvalue weighted by molar-refractivity contribution is -0.0436. The minimum absolute atomic E-state index is 0.0708. The lowest BCUT2D eigenvalue weighted by atomic mass is 10.2. The summed E-state index contributed by atoms with van der Waals surface area (Å²) < 4.78 is 59.1. The standard InChI is InChI=1S/C11H15F3N2O2S/c1-2-8(15)7-16-9-3-5-10(6-4-9)19(17,18)11(12,13)14/h3-6,8,16H,2,7,15H2,1H3. The van der Waals surface area contributed by atoms with E-state index in [0.29, 0.717) is 12.2 Å². The second-order valence-corrected chi connectivity index (χ2v) is 5.96. The molecule has 108 valence electrons. The normalized spacial score (nSPS) is 14.2. The minimum atomic E-state index is -5.29. The molecule has 19 heavy (non-hydrogen) atoms. The summed E-state index contributed by atoms with van der Waals surface area (Å²) in [5, 5.41) is 2.91. The molecule has 1 aromatic carbocycles. The van der Waals surface area contributed by atoms with E-state index in [1.807, 2.05) is 6.92 Å². The van der Waals surface area contributed by atoms with Crippen molar-refractivity contribution in [3.05, 3.63) is 24.3 Å². The number of hydrogen-bond acceptors (Lipinski definition) is 4. The molecule has 0 saturated heterocycles. The van der Waals surface area contributed by atoms with Gasteiger partial charge in [-0.2, -0.15) is 13.2 Å². The van der Waals surface area contributed by atoms with Gasteiger partial charge in [0.25, 0.3) is 9.84 Å². The van der Waals surface area contributed by atoms with Gasteiger partial charge in [0, 0.05) is 18.3 Å². The van der Waals surface area contributed by atoms with Gasteiger partial charge in [-0.25, -0.2) is 8.42 Å². The van der Waals surface area contributed by atoms with E-state index in [0.717, 1.165) is 18.6 Å². The van der Waals surface area contributed by atoms with Crippen LogP contribution in [0, 0.1) is 0 Å². The summed E-state index contributed by atoms with van der Waals surface area (Å²) in [6.45, 7) is 2.37. The SMILES string of the molecule is CCC(N)CNc1ccc(S(=O)(=O)C(F)(F)F)cc1. The van der Waals surface area contributed by atoms with Gasteiger partial charge in [0.05, 0.1) is 4.90 Å². The minimum Gasteiger partial charge on any atom is -0.383 e. The summed E-state index contributed by atoms with van der Waals surface area (Å²) in [5.74, 6) is 0. The Hall–Kier alpha value is -1.28. The van der Waals surface area contributed by atoms with Gasteiger partial charge >= 0.3 is 5.51 Å². The molecule has 0 aliphatic heterocycles. The lowest BCUT2D eigenvalue weighted by Crippen LogP contribution is -2.28. The van der Waals surface area contributed by atoms with E-state index < -0.39 is 20.2 Å². The second kappa shape index (κ2) is 5.79. The zero-order valence-electron chi connectivity index (χ0n) is 10.2. The van der Waals surface area contributed by atoms with Gasteiger partial charge in [-0.05, 0) is 30.7 Å². The molecule has 0 spiro atoms. The number of sulfone groups is 1. The van der Waals surface area contributed by atoms with Gasteiger partial charge in [0.2, 0.25) is 0 Å². The Morgan fingerprint density at radius 2 is 1.79 bits per heavy atom. The molecule has 0 heterocycles. The summed E-state index contributed by atoms with van der Waals surface area (Å²) >= 11 is 0. The van der Waals surface area contributed by atoms with Crippen LogP contribution in [-0.4, -0.2) is 26.5 Å². The zero-order chi connectivity index (χ0) is 14.7. The van der Waals surface area contributed by atoms with Crippen molar-refractivity contribution in [2.75, 3.05) is 11.9 Å². The van der Waals surface area contributed by atoms with E-state index in [-0.39, 0.29) is 6.04 Å². The molecule has 1 rings (SSSR count). The molecule has 0 aliphatic rings. The molecule has 3 N–H and O–H groups in total. The van der Waals surface area contributed by atoms with Crippen LogP contribution in [0.5, 0.6) is 0 Å². The number of rotatable bonds is 5. The van der Waals surface area contributed by atoms with Crippen LogP contribution < -0.4 is 11.1 Å². The third-order valence-corrected chi connectivity index (χ3v) is 4.06. The van der Waals surface area contributed by atoms with Gasteiger partial charge in [-0.3, -0.25) is 0 Å². The molecule has 0 fully saturated rings. The van der Waals surface area contributed by atoms with Crippen molar-refractivity contribution in [1.82, 2.24) is 0 Å². The third-order valence-electron chi connectivity index (χ3n) is 2.56. The molecule has 0 saturated carbocycles. The predicted molar refractivity (Wildman–Crippen MR) is 66.4 cm³/mol. The van der Waals surface area contributed by atoms with Gasteiger partial charge < -0.3 is 11.1 Å². The van der Waals surface area contributed by atoms with Crippen molar-refractivity contribution in [2.45, 2.75) is 29.8 Å². The number of halogens is 3. The average molecular weight is 296 g/mol. The zero-order valence-corrected chi connectivity index (χ0v) is 11.1. The summed E-state index contributed by atoms with van der Waals surface area (Å²) in [6.07, 6.45) is 0.757. The highest BCUT2D eigenvalue weighted by molar-refractivity contribution is 7.92. The number of nitrogens with one attached hydrogen (secondary N) is 1. The summed E-state index contributed by atoms with van der Waals surface area (Å²) in [6, 6.07) is 4.33. The molecular formula is C11H15F3N2O2S. The smallest absolute Gasteiger partial charge is 0.383 e. The Labute approximate surface area is 109 Å². The maximum Gasteiger partial charge on any atom is 0.501 e. The van der Waals surface area contributed by atoms with E-state index in [4.69, 9.17) is 5.73 Å². The molecule has 1 aromatic rings. The van der Waals surface area contributed by atoms with Crippen LogP contribution in [0.1, 0.15) is 13.3 Å².